The minimum Gasteiger partial charge on any atom is -0.308 e. The van der Waals surface area contributed by atoms with Crippen molar-refractivity contribution in [1.29, 1.82) is 0 Å². The van der Waals surface area contributed by atoms with E-state index in [-0.39, 0.29) is 0 Å². The quantitative estimate of drug-likeness (QED) is 0.771. The van der Waals surface area contributed by atoms with Crippen LogP contribution in [0.2, 0.25) is 0 Å². The summed E-state index contributed by atoms with van der Waals surface area (Å²) < 4.78 is 0.399. The van der Waals surface area contributed by atoms with E-state index >= 15 is 0 Å². The monoisotopic (exact) mass is 215 g/mol. The van der Waals surface area contributed by atoms with E-state index in [9.17, 15) is 0 Å². The lowest BCUT2D eigenvalue weighted by Gasteiger charge is -2.42. The van der Waals surface area contributed by atoms with Crippen molar-refractivity contribution >= 4 is 11.8 Å². The molecule has 0 aliphatic heterocycles. The van der Waals surface area contributed by atoms with E-state index < -0.39 is 0 Å². The summed E-state index contributed by atoms with van der Waals surface area (Å²) in [5, 5.41) is 3.74. The van der Waals surface area contributed by atoms with Crippen LogP contribution in [0.5, 0.6) is 0 Å². The summed E-state index contributed by atoms with van der Waals surface area (Å²) in [6, 6.07) is 0.643. The van der Waals surface area contributed by atoms with Crippen molar-refractivity contribution in [3.63, 3.8) is 0 Å². The van der Waals surface area contributed by atoms with Crippen LogP contribution in [0, 0.1) is 0 Å². The summed E-state index contributed by atoms with van der Waals surface area (Å²) >= 11 is 2.05. The third-order valence-corrected chi connectivity index (χ3v) is 4.35. The second-order valence-electron chi connectivity index (χ2n) is 5.88. The average molecular weight is 215 g/mol. The smallest absolute Gasteiger partial charge is 0.0156 e. The lowest BCUT2D eigenvalue weighted by atomic mass is 9.78. The fourth-order valence-corrected chi connectivity index (χ4v) is 2.70. The molecule has 0 radical (unpaired) electrons. The highest BCUT2D eigenvalue weighted by atomic mass is 32.2. The molecule has 1 N–H and O–H groups in total. The fraction of sp³-hybridized carbons (Fsp3) is 1.00. The third-order valence-electron chi connectivity index (χ3n) is 2.82. The summed E-state index contributed by atoms with van der Waals surface area (Å²) in [6.07, 6.45) is 4.12. The van der Waals surface area contributed by atoms with Crippen molar-refractivity contribution < 1.29 is 0 Å². The zero-order chi connectivity index (χ0) is 10.8. The Morgan fingerprint density at radius 1 is 1.36 bits per heavy atom. The van der Waals surface area contributed by atoms with E-state index in [1.807, 2.05) is 0 Å². The summed E-state index contributed by atoms with van der Waals surface area (Å²) in [7, 11) is 0. The maximum absolute atomic E-state index is 3.74. The Morgan fingerprint density at radius 2 is 1.93 bits per heavy atom. The van der Waals surface area contributed by atoms with E-state index in [0.717, 1.165) is 0 Å². The molecular formula is C12H25NS. The molecule has 0 bridgehead atoms. The predicted molar refractivity (Wildman–Crippen MR) is 67.1 cm³/mol. The molecule has 1 nitrogen and oxygen atoms in total. The average Bonchev–Trinajstić information content (AvgIpc) is 1.97. The van der Waals surface area contributed by atoms with Gasteiger partial charge in [-0.25, -0.2) is 0 Å². The van der Waals surface area contributed by atoms with E-state index in [0.29, 0.717) is 16.3 Å². The molecule has 2 heteroatoms. The topological polar surface area (TPSA) is 12.0 Å². The molecule has 1 aliphatic carbocycles. The molecule has 1 saturated carbocycles. The maximum atomic E-state index is 3.74. The summed E-state index contributed by atoms with van der Waals surface area (Å²) in [4.78, 5) is 0. The van der Waals surface area contributed by atoms with E-state index in [4.69, 9.17) is 0 Å². The van der Waals surface area contributed by atoms with Gasteiger partial charge in [-0.2, -0.15) is 11.8 Å². The van der Waals surface area contributed by atoms with Gasteiger partial charge in [-0.3, -0.25) is 0 Å². The summed E-state index contributed by atoms with van der Waals surface area (Å²) in [5.74, 6) is 1.22. The molecule has 0 aromatic carbocycles. The van der Waals surface area contributed by atoms with Gasteiger partial charge in [-0.15, -0.1) is 0 Å². The standard InChI is InChI=1S/C12H25NS/c1-10(9-14-11(2,3)4)13-12(5)7-6-8-12/h10,13H,6-9H2,1-5H3. The van der Waals surface area contributed by atoms with Crippen LogP contribution in [0.15, 0.2) is 0 Å². The summed E-state index contributed by atoms with van der Waals surface area (Å²) in [5.41, 5.74) is 0.456. The normalized spacial score (nSPS) is 22.9. The highest BCUT2D eigenvalue weighted by molar-refractivity contribution is 8.00. The molecule has 0 aromatic rings. The predicted octanol–water partition coefficient (Wildman–Crippen LogP) is 3.44. The van der Waals surface area contributed by atoms with Crippen molar-refractivity contribution in [1.82, 2.24) is 5.32 Å². The van der Waals surface area contributed by atoms with Crippen LogP contribution in [0.4, 0.5) is 0 Å². The molecule has 0 spiro atoms. The van der Waals surface area contributed by atoms with Gasteiger partial charge in [-0.05, 0) is 33.1 Å². The fourth-order valence-electron chi connectivity index (χ4n) is 1.86. The SMILES string of the molecule is CC(CSC(C)(C)C)NC1(C)CCC1. The number of thioether (sulfide) groups is 1. The molecule has 84 valence electrons. The van der Waals surface area contributed by atoms with Crippen LogP contribution in [0.25, 0.3) is 0 Å². The molecule has 0 aromatic heterocycles. The molecule has 0 saturated heterocycles. The molecule has 0 amide bonds. The van der Waals surface area contributed by atoms with Gasteiger partial charge in [0.15, 0.2) is 0 Å². The van der Waals surface area contributed by atoms with Crippen LogP contribution in [-0.4, -0.2) is 22.1 Å². The molecule has 14 heavy (non-hydrogen) atoms. The summed E-state index contributed by atoms with van der Waals surface area (Å²) in [6.45, 7) is 11.5. The Labute approximate surface area is 93.4 Å². The van der Waals surface area contributed by atoms with Crippen LogP contribution < -0.4 is 5.32 Å². The second-order valence-corrected chi connectivity index (χ2v) is 7.73. The van der Waals surface area contributed by atoms with Gasteiger partial charge in [0.05, 0.1) is 0 Å². The largest absolute Gasteiger partial charge is 0.308 e. The van der Waals surface area contributed by atoms with Crippen molar-refractivity contribution in [3.8, 4) is 0 Å². The second kappa shape index (κ2) is 4.44. The number of hydrogen-bond acceptors (Lipinski definition) is 2. The molecule has 1 unspecified atom stereocenters. The van der Waals surface area contributed by atoms with Gasteiger partial charge in [0.25, 0.3) is 0 Å². The van der Waals surface area contributed by atoms with E-state index in [2.05, 4.69) is 51.7 Å². The van der Waals surface area contributed by atoms with E-state index in [1.54, 1.807) is 0 Å². The third kappa shape index (κ3) is 4.22. The van der Waals surface area contributed by atoms with Gasteiger partial charge in [-0.1, -0.05) is 20.8 Å². The van der Waals surface area contributed by atoms with Crippen molar-refractivity contribution in [2.45, 2.75) is 70.2 Å². The Bertz CT molecular complexity index is 179. The zero-order valence-corrected chi connectivity index (χ0v) is 11.1. The number of rotatable bonds is 4. The maximum Gasteiger partial charge on any atom is 0.0156 e. The first-order valence-corrected chi connectivity index (χ1v) is 6.71. The van der Waals surface area contributed by atoms with Gasteiger partial charge < -0.3 is 5.32 Å². The van der Waals surface area contributed by atoms with E-state index in [1.165, 1.54) is 25.0 Å². The van der Waals surface area contributed by atoms with Crippen molar-refractivity contribution in [3.05, 3.63) is 0 Å². The van der Waals surface area contributed by atoms with Crippen LogP contribution >= 0.6 is 11.8 Å². The van der Waals surface area contributed by atoms with Gasteiger partial charge in [0, 0.05) is 22.1 Å². The highest BCUT2D eigenvalue weighted by Gasteiger charge is 2.32. The first kappa shape index (κ1) is 12.4. The zero-order valence-electron chi connectivity index (χ0n) is 10.3. The molecule has 1 fully saturated rings. The minimum absolute atomic E-state index is 0.399. The van der Waals surface area contributed by atoms with Crippen molar-refractivity contribution in [2.24, 2.45) is 0 Å². The van der Waals surface area contributed by atoms with Crippen LogP contribution in [0.3, 0.4) is 0 Å². The van der Waals surface area contributed by atoms with Gasteiger partial charge in [0.1, 0.15) is 0 Å². The highest BCUT2D eigenvalue weighted by Crippen LogP contribution is 2.32. The molecular weight excluding hydrogens is 190 g/mol. The Morgan fingerprint density at radius 3 is 2.29 bits per heavy atom. The molecule has 1 aliphatic rings. The number of nitrogens with one attached hydrogen (secondary N) is 1. The molecule has 1 atom stereocenters. The van der Waals surface area contributed by atoms with Crippen LogP contribution in [0.1, 0.15) is 53.9 Å². The molecule has 0 heterocycles. The number of hydrogen-bond donors (Lipinski definition) is 1. The minimum atomic E-state index is 0.399. The Kier molecular flexibility index (Phi) is 3.93. The lowest BCUT2D eigenvalue weighted by Crippen LogP contribution is -2.52. The molecule has 1 rings (SSSR count). The first-order valence-electron chi connectivity index (χ1n) is 5.72. The first-order chi connectivity index (χ1) is 6.31. The Balaban J connectivity index is 2.19. The van der Waals surface area contributed by atoms with Gasteiger partial charge >= 0.3 is 0 Å². The Hall–Kier alpha value is 0.310. The van der Waals surface area contributed by atoms with Gasteiger partial charge in [0.2, 0.25) is 0 Å². The van der Waals surface area contributed by atoms with Crippen molar-refractivity contribution in [2.75, 3.05) is 5.75 Å². The van der Waals surface area contributed by atoms with Crippen LogP contribution in [-0.2, 0) is 0 Å². The lowest BCUT2D eigenvalue weighted by molar-refractivity contribution is 0.195.